The van der Waals surface area contributed by atoms with Crippen molar-refractivity contribution < 1.29 is 22.7 Å². The van der Waals surface area contributed by atoms with Gasteiger partial charge in [0.15, 0.2) is 5.92 Å². The van der Waals surface area contributed by atoms with Crippen molar-refractivity contribution >= 4 is 5.97 Å². The molecule has 0 bridgehead atoms. The lowest BCUT2D eigenvalue weighted by Crippen LogP contribution is -2.27. The normalized spacial score (nSPS) is 13.4. The van der Waals surface area contributed by atoms with Crippen molar-refractivity contribution in [1.82, 2.24) is 4.98 Å². The summed E-state index contributed by atoms with van der Waals surface area (Å²) in [5.74, 6) is -2.41. The van der Waals surface area contributed by atoms with E-state index in [1.54, 1.807) is 26.8 Å². The number of pyridine rings is 1. The average molecular weight is 286 g/mol. The fourth-order valence-electron chi connectivity index (χ4n) is 1.38. The smallest absolute Gasteiger partial charge is 0.416 e. The minimum Gasteiger partial charge on any atom is -0.459 e. The van der Waals surface area contributed by atoms with Crippen molar-refractivity contribution in [3.05, 3.63) is 29.6 Å². The molecule has 1 rings (SSSR count). The predicted molar refractivity (Wildman–Crippen MR) is 63.4 cm³/mol. The largest absolute Gasteiger partial charge is 0.459 e. The lowest BCUT2D eigenvalue weighted by atomic mass is 10.0. The molecule has 0 aromatic carbocycles. The van der Waals surface area contributed by atoms with Crippen LogP contribution in [0.4, 0.5) is 13.2 Å². The second-order valence-corrected chi connectivity index (χ2v) is 5.06. The fourth-order valence-corrected chi connectivity index (χ4v) is 1.38. The summed E-state index contributed by atoms with van der Waals surface area (Å²) in [5.41, 5.74) is -2.09. The minimum absolute atomic E-state index is 0.281. The molecule has 0 fully saturated rings. The number of esters is 1. The van der Waals surface area contributed by atoms with Crippen LogP contribution >= 0.6 is 0 Å². The van der Waals surface area contributed by atoms with Crippen molar-refractivity contribution in [2.45, 2.75) is 38.5 Å². The topological polar surface area (TPSA) is 63.0 Å². The number of rotatable bonds is 2. The van der Waals surface area contributed by atoms with E-state index in [0.717, 1.165) is 12.3 Å². The highest BCUT2D eigenvalue weighted by Crippen LogP contribution is 2.30. The second-order valence-electron chi connectivity index (χ2n) is 5.06. The lowest BCUT2D eigenvalue weighted by Gasteiger charge is -2.21. The van der Waals surface area contributed by atoms with E-state index in [2.05, 4.69) is 4.98 Å². The van der Waals surface area contributed by atoms with Gasteiger partial charge in [-0.2, -0.15) is 18.4 Å². The Bertz CT molecular complexity index is 542. The Hall–Kier alpha value is -2.10. The Balaban J connectivity index is 3.09. The monoisotopic (exact) mass is 286 g/mol. The molecule has 0 aliphatic rings. The van der Waals surface area contributed by atoms with Crippen LogP contribution < -0.4 is 0 Å². The predicted octanol–water partition coefficient (Wildman–Crippen LogP) is 3.05. The highest BCUT2D eigenvalue weighted by atomic mass is 19.4. The number of hydrogen-bond acceptors (Lipinski definition) is 4. The maximum absolute atomic E-state index is 12.6. The number of nitrogens with zero attached hydrogens (tertiary/aromatic N) is 2. The van der Waals surface area contributed by atoms with Gasteiger partial charge in [-0.15, -0.1) is 0 Å². The number of halogens is 3. The van der Waals surface area contributed by atoms with Gasteiger partial charge in [0.05, 0.1) is 17.3 Å². The van der Waals surface area contributed by atoms with Crippen molar-refractivity contribution in [3.63, 3.8) is 0 Å². The summed E-state index contributed by atoms with van der Waals surface area (Å²) >= 11 is 0. The maximum Gasteiger partial charge on any atom is 0.416 e. The van der Waals surface area contributed by atoms with Crippen molar-refractivity contribution in [2.24, 2.45) is 0 Å². The van der Waals surface area contributed by atoms with Gasteiger partial charge in [0.1, 0.15) is 5.60 Å². The zero-order valence-electron chi connectivity index (χ0n) is 11.2. The SMILES string of the molecule is CC(C)(C)OC(=O)[C@H](C#N)c1cc(C(F)(F)F)ccn1. The molecule has 0 aliphatic heterocycles. The molecule has 0 spiro atoms. The molecule has 0 saturated heterocycles. The summed E-state index contributed by atoms with van der Waals surface area (Å²) in [4.78, 5) is 15.4. The van der Waals surface area contributed by atoms with Crippen LogP contribution in [0.1, 0.15) is 37.9 Å². The average Bonchev–Trinajstić information content (AvgIpc) is 2.26. The van der Waals surface area contributed by atoms with Crippen LogP contribution in [0.2, 0.25) is 0 Å². The molecule has 0 saturated carbocycles. The Kier molecular flexibility index (Phi) is 4.38. The molecule has 4 nitrogen and oxygen atoms in total. The third-order valence-corrected chi connectivity index (χ3v) is 2.18. The van der Waals surface area contributed by atoms with Crippen LogP contribution in [0.3, 0.4) is 0 Å². The highest BCUT2D eigenvalue weighted by molar-refractivity contribution is 5.81. The summed E-state index contributed by atoms with van der Waals surface area (Å²) in [6.45, 7) is 4.79. The van der Waals surface area contributed by atoms with Gasteiger partial charge in [-0.25, -0.2) is 0 Å². The van der Waals surface area contributed by atoms with Crippen LogP contribution in [-0.4, -0.2) is 16.6 Å². The van der Waals surface area contributed by atoms with E-state index in [1.807, 2.05) is 0 Å². The Morgan fingerprint density at radius 1 is 1.40 bits per heavy atom. The van der Waals surface area contributed by atoms with Gasteiger partial charge < -0.3 is 4.74 Å². The van der Waals surface area contributed by atoms with E-state index >= 15 is 0 Å². The van der Waals surface area contributed by atoms with E-state index in [1.165, 1.54) is 0 Å². The van der Waals surface area contributed by atoms with E-state index < -0.39 is 29.2 Å². The fraction of sp³-hybridized carbons (Fsp3) is 0.462. The molecule has 1 atom stereocenters. The zero-order chi connectivity index (χ0) is 15.6. The van der Waals surface area contributed by atoms with E-state index in [-0.39, 0.29) is 5.69 Å². The van der Waals surface area contributed by atoms with Gasteiger partial charge in [-0.05, 0) is 32.9 Å². The number of carbonyl (C=O) groups excluding carboxylic acids is 1. The van der Waals surface area contributed by atoms with Crippen LogP contribution in [0.15, 0.2) is 18.3 Å². The van der Waals surface area contributed by atoms with Gasteiger partial charge in [0.2, 0.25) is 0 Å². The molecule has 1 heterocycles. The van der Waals surface area contributed by atoms with Crippen molar-refractivity contribution in [1.29, 1.82) is 5.26 Å². The molecule has 20 heavy (non-hydrogen) atoms. The molecule has 0 unspecified atom stereocenters. The van der Waals surface area contributed by atoms with Gasteiger partial charge in [-0.3, -0.25) is 9.78 Å². The molecule has 0 N–H and O–H groups in total. The van der Waals surface area contributed by atoms with Gasteiger partial charge >= 0.3 is 12.1 Å². The standard InChI is InChI=1S/C13H13F3N2O2/c1-12(2,3)20-11(19)9(7-17)10-6-8(4-5-18-10)13(14,15)16/h4-6,9H,1-3H3/t9-/m1/s1. The maximum atomic E-state index is 12.6. The second kappa shape index (κ2) is 5.49. The summed E-state index contributed by atoms with van der Waals surface area (Å²) < 4.78 is 42.7. The third kappa shape index (κ3) is 4.23. The lowest BCUT2D eigenvalue weighted by molar-refractivity contribution is -0.155. The van der Waals surface area contributed by atoms with Gasteiger partial charge in [0, 0.05) is 6.20 Å². The third-order valence-electron chi connectivity index (χ3n) is 2.18. The molecule has 7 heteroatoms. The molecule has 1 aromatic heterocycles. The molecular formula is C13H13F3N2O2. The molecule has 0 amide bonds. The first-order valence-electron chi connectivity index (χ1n) is 5.70. The number of carbonyl (C=O) groups is 1. The first kappa shape index (κ1) is 16.0. The quantitative estimate of drug-likeness (QED) is 0.784. The highest BCUT2D eigenvalue weighted by Gasteiger charge is 2.33. The summed E-state index contributed by atoms with van der Waals surface area (Å²) in [5, 5.41) is 8.97. The van der Waals surface area contributed by atoms with Crippen LogP contribution in [0.25, 0.3) is 0 Å². The van der Waals surface area contributed by atoms with Crippen LogP contribution in [0.5, 0.6) is 0 Å². The van der Waals surface area contributed by atoms with Crippen LogP contribution in [0, 0.1) is 11.3 Å². The molecule has 0 aliphatic carbocycles. The number of nitriles is 1. The summed E-state index contributed by atoms with van der Waals surface area (Å²) in [6.07, 6.45) is -3.65. The van der Waals surface area contributed by atoms with Crippen molar-refractivity contribution in [3.8, 4) is 6.07 Å². The number of hydrogen-bond donors (Lipinski definition) is 0. The summed E-state index contributed by atoms with van der Waals surface area (Å²) in [6, 6.07) is 3.06. The molecule has 0 radical (unpaired) electrons. The Morgan fingerprint density at radius 3 is 2.45 bits per heavy atom. The summed E-state index contributed by atoms with van der Waals surface area (Å²) in [7, 11) is 0. The van der Waals surface area contributed by atoms with Gasteiger partial charge in [-0.1, -0.05) is 0 Å². The first-order chi connectivity index (χ1) is 9.04. The van der Waals surface area contributed by atoms with Gasteiger partial charge in [0.25, 0.3) is 0 Å². The Labute approximate surface area is 114 Å². The molecule has 108 valence electrons. The van der Waals surface area contributed by atoms with Crippen molar-refractivity contribution in [2.75, 3.05) is 0 Å². The van der Waals surface area contributed by atoms with E-state index in [4.69, 9.17) is 10.00 Å². The number of aromatic nitrogens is 1. The van der Waals surface area contributed by atoms with E-state index in [0.29, 0.717) is 6.07 Å². The zero-order valence-corrected chi connectivity index (χ0v) is 11.2. The number of ether oxygens (including phenoxy) is 1. The van der Waals surface area contributed by atoms with E-state index in [9.17, 15) is 18.0 Å². The van der Waals surface area contributed by atoms with Crippen LogP contribution in [-0.2, 0) is 15.7 Å². The minimum atomic E-state index is -4.56. The molecule has 1 aromatic rings. The molecular weight excluding hydrogens is 273 g/mol. The Morgan fingerprint density at radius 2 is 2.00 bits per heavy atom. The first-order valence-corrected chi connectivity index (χ1v) is 5.70. The number of alkyl halides is 3.